The number of hydrogen-bond donors (Lipinski definition) is 0. The van der Waals surface area contributed by atoms with E-state index >= 15 is 0 Å². The number of carbonyl (C=O) groups excluding carboxylic acids is 1. The molecule has 2 aliphatic heterocycles. The van der Waals surface area contributed by atoms with E-state index in [4.69, 9.17) is 4.74 Å². The molecule has 1 aromatic heterocycles. The Morgan fingerprint density at radius 1 is 1.32 bits per heavy atom. The van der Waals surface area contributed by atoms with Gasteiger partial charge >= 0.3 is 0 Å². The normalized spacial score (nSPS) is 25.9. The summed E-state index contributed by atoms with van der Waals surface area (Å²) in [4.78, 5) is 15.2. The fourth-order valence-corrected chi connectivity index (χ4v) is 4.81. The number of ether oxygens (including phenoxy) is 1. The fraction of sp³-hybridized carbons (Fsp3) is 0.842. The number of hydrogen-bond acceptors (Lipinski definition) is 4. The molecule has 6 heteroatoms. The number of amides is 1. The van der Waals surface area contributed by atoms with Gasteiger partial charge in [0, 0.05) is 49.6 Å². The Morgan fingerprint density at radius 2 is 2.04 bits per heavy atom. The molecule has 3 heterocycles. The Balaban J connectivity index is 1.63. The van der Waals surface area contributed by atoms with Gasteiger partial charge in [-0.25, -0.2) is 0 Å². The summed E-state index contributed by atoms with van der Waals surface area (Å²) in [5.74, 6) is 1.87. The van der Waals surface area contributed by atoms with Crippen LogP contribution in [0.3, 0.4) is 0 Å². The van der Waals surface area contributed by atoms with Crippen molar-refractivity contribution in [2.24, 2.45) is 11.3 Å². The first-order valence-corrected chi connectivity index (χ1v) is 9.94. The van der Waals surface area contributed by atoms with Crippen molar-refractivity contribution in [3.63, 3.8) is 0 Å². The van der Waals surface area contributed by atoms with E-state index in [-0.39, 0.29) is 17.3 Å². The fourth-order valence-electron chi connectivity index (χ4n) is 4.81. The number of likely N-dealkylation sites (tertiary alicyclic amines) is 1. The number of aromatic nitrogens is 3. The molecule has 1 unspecified atom stereocenters. The summed E-state index contributed by atoms with van der Waals surface area (Å²) < 4.78 is 7.94. The second kappa shape index (κ2) is 6.71. The van der Waals surface area contributed by atoms with Crippen LogP contribution in [0.15, 0.2) is 6.33 Å². The largest absolute Gasteiger partial charge is 0.381 e. The van der Waals surface area contributed by atoms with Crippen molar-refractivity contribution in [3.8, 4) is 0 Å². The molecule has 1 aliphatic carbocycles. The van der Waals surface area contributed by atoms with Gasteiger partial charge in [0.05, 0.1) is 0 Å². The van der Waals surface area contributed by atoms with Crippen molar-refractivity contribution < 1.29 is 9.53 Å². The number of rotatable bonds is 5. The van der Waals surface area contributed by atoms with Crippen LogP contribution in [0.4, 0.5) is 0 Å². The van der Waals surface area contributed by atoms with Crippen molar-refractivity contribution in [1.29, 1.82) is 0 Å². The quantitative estimate of drug-likeness (QED) is 0.822. The number of carbonyl (C=O) groups is 1. The third kappa shape index (κ3) is 2.98. The van der Waals surface area contributed by atoms with Crippen LogP contribution in [0, 0.1) is 11.3 Å². The highest BCUT2D eigenvalue weighted by Gasteiger charge is 2.52. The molecule has 3 fully saturated rings. The van der Waals surface area contributed by atoms with E-state index in [9.17, 15) is 4.79 Å². The molecule has 1 spiro atoms. The van der Waals surface area contributed by atoms with Gasteiger partial charge in [0.15, 0.2) is 0 Å². The first-order valence-electron chi connectivity index (χ1n) is 9.94. The molecule has 0 radical (unpaired) electrons. The Labute approximate surface area is 149 Å². The van der Waals surface area contributed by atoms with E-state index in [1.165, 1.54) is 12.8 Å². The second-order valence-corrected chi connectivity index (χ2v) is 8.09. The van der Waals surface area contributed by atoms with Crippen LogP contribution in [0.1, 0.15) is 70.2 Å². The molecule has 0 bridgehead atoms. The smallest absolute Gasteiger partial charge is 0.225 e. The van der Waals surface area contributed by atoms with Crippen molar-refractivity contribution in [3.05, 3.63) is 12.2 Å². The third-order valence-electron chi connectivity index (χ3n) is 6.64. The predicted octanol–water partition coefficient (Wildman–Crippen LogP) is 2.77. The summed E-state index contributed by atoms with van der Waals surface area (Å²) >= 11 is 0. The summed E-state index contributed by atoms with van der Waals surface area (Å²) in [5, 5.41) is 8.74. The van der Waals surface area contributed by atoms with Crippen molar-refractivity contribution in [2.45, 2.75) is 64.3 Å². The monoisotopic (exact) mass is 346 g/mol. The van der Waals surface area contributed by atoms with E-state index in [0.717, 1.165) is 57.8 Å². The topological polar surface area (TPSA) is 60.2 Å². The lowest BCUT2D eigenvalue weighted by Gasteiger charge is -2.37. The molecule has 25 heavy (non-hydrogen) atoms. The van der Waals surface area contributed by atoms with Gasteiger partial charge in [0.1, 0.15) is 12.2 Å². The summed E-state index contributed by atoms with van der Waals surface area (Å²) in [6.45, 7) is 7.47. The zero-order valence-corrected chi connectivity index (χ0v) is 15.5. The maximum atomic E-state index is 13.0. The zero-order chi connectivity index (χ0) is 17.4. The van der Waals surface area contributed by atoms with Crippen molar-refractivity contribution in [2.75, 3.05) is 26.3 Å². The lowest BCUT2D eigenvalue weighted by molar-refractivity contribution is -0.135. The average Bonchev–Trinajstić information content (AvgIpc) is 3.26. The van der Waals surface area contributed by atoms with Gasteiger partial charge in [0.25, 0.3) is 0 Å². The summed E-state index contributed by atoms with van der Waals surface area (Å²) in [6, 6.07) is 0.575. The maximum absolute atomic E-state index is 13.0. The molecule has 4 rings (SSSR count). The lowest BCUT2D eigenvalue weighted by Crippen LogP contribution is -2.39. The summed E-state index contributed by atoms with van der Waals surface area (Å²) in [7, 11) is 0. The molecule has 1 amide bonds. The Hall–Kier alpha value is -1.43. The molecule has 1 saturated carbocycles. The minimum atomic E-state index is 0.111. The minimum Gasteiger partial charge on any atom is -0.381 e. The van der Waals surface area contributed by atoms with Gasteiger partial charge in [-0.1, -0.05) is 13.8 Å². The van der Waals surface area contributed by atoms with Crippen LogP contribution in [0.5, 0.6) is 0 Å². The SMILES string of the molecule is CCC(CC)C(=O)N1CC(c2nncn2C2CC2)C2(CCOCC2)C1. The molecule has 0 aromatic carbocycles. The van der Waals surface area contributed by atoms with Gasteiger partial charge in [0.2, 0.25) is 5.91 Å². The molecule has 2 saturated heterocycles. The van der Waals surface area contributed by atoms with Gasteiger partial charge in [-0.3, -0.25) is 4.79 Å². The van der Waals surface area contributed by atoms with Crippen LogP contribution >= 0.6 is 0 Å². The predicted molar refractivity (Wildman–Crippen MR) is 94.2 cm³/mol. The summed E-state index contributed by atoms with van der Waals surface area (Å²) in [6.07, 6.45) is 8.22. The van der Waals surface area contributed by atoms with E-state index in [2.05, 4.69) is 33.5 Å². The first kappa shape index (κ1) is 17.0. The van der Waals surface area contributed by atoms with Crippen molar-refractivity contribution >= 4 is 5.91 Å². The van der Waals surface area contributed by atoms with E-state index in [1.54, 1.807) is 0 Å². The maximum Gasteiger partial charge on any atom is 0.225 e. The Morgan fingerprint density at radius 3 is 2.68 bits per heavy atom. The van der Waals surface area contributed by atoms with Gasteiger partial charge in [-0.2, -0.15) is 0 Å². The Kier molecular flexibility index (Phi) is 4.56. The van der Waals surface area contributed by atoms with Crippen molar-refractivity contribution in [1.82, 2.24) is 19.7 Å². The molecule has 6 nitrogen and oxygen atoms in total. The highest BCUT2D eigenvalue weighted by atomic mass is 16.5. The van der Waals surface area contributed by atoms with Crippen LogP contribution in [-0.2, 0) is 9.53 Å². The van der Waals surface area contributed by atoms with Crippen LogP contribution in [-0.4, -0.2) is 51.9 Å². The molecule has 138 valence electrons. The van der Waals surface area contributed by atoms with Gasteiger partial charge in [-0.15, -0.1) is 10.2 Å². The highest BCUT2D eigenvalue weighted by Crippen LogP contribution is 2.50. The minimum absolute atomic E-state index is 0.111. The van der Waals surface area contributed by atoms with Crippen LogP contribution in [0.2, 0.25) is 0 Å². The molecule has 1 aromatic rings. The van der Waals surface area contributed by atoms with E-state index in [0.29, 0.717) is 11.9 Å². The average molecular weight is 346 g/mol. The Bertz CT molecular complexity index is 615. The molecule has 3 aliphatic rings. The lowest BCUT2D eigenvalue weighted by atomic mass is 9.71. The third-order valence-corrected chi connectivity index (χ3v) is 6.64. The highest BCUT2D eigenvalue weighted by molar-refractivity contribution is 5.79. The standard InChI is InChI=1S/C19H30N4O2/c1-3-14(4-2)18(24)22-11-16(19(12-22)7-9-25-10-8-19)17-21-20-13-23(17)15-5-6-15/h13-16H,3-12H2,1-2H3. The second-order valence-electron chi connectivity index (χ2n) is 8.09. The zero-order valence-electron chi connectivity index (χ0n) is 15.5. The summed E-state index contributed by atoms with van der Waals surface area (Å²) in [5.41, 5.74) is 0.111. The molecule has 0 N–H and O–H groups in total. The molecular weight excluding hydrogens is 316 g/mol. The van der Waals surface area contributed by atoms with Gasteiger partial charge in [-0.05, 0) is 38.5 Å². The van der Waals surface area contributed by atoms with E-state index in [1.807, 2.05) is 6.33 Å². The molecule has 1 atom stereocenters. The van der Waals surface area contributed by atoms with Crippen LogP contribution < -0.4 is 0 Å². The number of nitrogens with zero attached hydrogens (tertiary/aromatic N) is 4. The van der Waals surface area contributed by atoms with Crippen LogP contribution in [0.25, 0.3) is 0 Å². The van der Waals surface area contributed by atoms with Gasteiger partial charge < -0.3 is 14.2 Å². The molecular formula is C19H30N4O2. The van der Waals surface area contributed by atoms with E-state index < -0.39 is 0 Å². The first-order chi connectivity index (χ1) is 12.2.